The highest BCUT2D eigenvalue weighted by atomic mass is 16.5. The van der Waals surface area contributed by atoms with Gasteiger partial charge in [-0.15, -0.1) is 0 Å². The largest absolute Gasteiger partial charge is 0.497 e. The van der Waals surface area contributed by atoms with Gasteiger partial charge in [-0.05, 0) is 61.9 Å². The summed E-state index contributed by atoms with van der Waals surface area (Å²) in [6.07, 6.45) is 8.00. The first-order valence-corrected chi connectivity index (χ1v) is 12.6. The molecule has 0 bridgehead atoms. The Morgan fingerprint density at radius 1 is 0.973 bits per heavy atom. The third-order valence-electron chi connectivity index (χ3n) is 5.74. The van der Waals surface area contributed by atoms with Gasteiger partial charge in [-0.25, -0.2) is 0 Å². The van der Waals surface area contributed by atoms with Gasteiger partial charge in [0.05, 0.1) is 13.7 Å². The summed E-state index contributed by atoms with van der Waals surface area (Å²) in [4.78, 5) is 36.9. The van der Waals surface area contributed by atoms with E-state index in [9.17, 15) is 19.5 Å². The molecule has 0 atom stereocenters. The second-order valence-corrected chi connectivity index (χ2v) is 8.89. The van der Waals surface area contributed by atoms with Crippen LogP contribution in [0.15, 0.2) is 48.5 Å². The van der Waals surface area contributed by atoms with Gasteiger partial charge < -0.3 is 24.8 Å². The first-order valence-electron chi connectivity index (χ1n) is 12.6. The Morgan fingerprint density at radius 3 is 2.41 bits per heavy atom. The number of methoxy groups -OCH3 is 1. The molecule has 2 aromatic carbocycles. The number of hydrogen-bond donors (Lipinski definition) is 2. The van der Waals surface area contributed by atoms with Crippen LogP contribution >= 0.6 is 0 Å². The summed E-state index contributed by atoms with van der Waals surface area (Å²) in [7, 11) is 5.01. The Bertz CT molecular complexity index is 1050. The van der Waals surface area contributed by atoms with Crippen LogP contribution in [0.2, 0.25) is 0 Å². The van der Waals surface area contributed by atoms with Gasteiger partial charge in [0.15, 0.2) is 0 Å². The minimum atomic E-state index is -0.919. The maximum Gasteiger partial charge on any atom is 0.303 e. The van der Waals surface area contributed by atoms with Gasteiger partial charge in [-0.1, -0.05) is 30.4 Å². The Kier molecular flexibility index (Phi) is 12.8. The second kappa shape index (κ2) is 16.0. The van der Waals surface area contributed by atoms with E-state index in [0.29, 0.717) is 36.4 Å². The first-order chi connectivity index (χ1) is 17.8. The number of anilines is 1. The average Bonchev–Trinajstić information content (AvgIpc) is 2.87. The molecule has 0 saturated carbocycles. The summed E-state index contributed by atoms with van der Waals surface area (Å²) in [5.74, 6) is 0.246. The number of benzene rings is 2. The minimum Gasteiger partial charge on any atom is -0.497 e. The van der Waals surface area contributed by atoms with Gasteiger partial charge in [0.25, 0.3) is 0 Å². The molecule has 37 heavy (non-hydrogen) atoms. The predicted octanol–water partition coefficient (Wildman–Crippen LogP) is 5.17. The number of hydrogen-bond acceptors (Lipinski definition) is 5. The second-order valence-electron chi connectivity index (χ2n) is 8.89. The van der Waals surface area contributed by atoms with E-state index in [1.807, 2.05) is 24.3 Å². The number of carboxylic acid groups (broad SMARTS) is 1. The van der Waals surface area contributed by atoms with Crippen LogP contribution in [0.5, 0.6) is 11.5 Å². The maximum absolute atomic E-state index is 12.5. The smallest absolute Gasteiger partial charge is 0.303 e. The van der Waals surface area contributed by atoms with Crippen LogP contribution in [0.25, 0.3) is 6.08 Å². The van der Waals surface area contributed by atoms with Crippen molar-refractivity contribution in [1.29, 1.82) is 0 Å². The van der Waals surface area contributed by atoms with Crippen molar-refractivity contribution in [3.05, 3.63) is 59.7 Å². The Labute approximate surface area is 219 Å². The fourth-order valence-corrected chi connectivity index (χ4v) is 3.63. The molecule has 8 nitrogen and oxygen atoms in total. The van der Waals surface area contributed by atoms with Crippen LogP contribution in [-0.2, 0) is 20.8 Å². The van der Waals surface area contributed by atoms with Crippen molar-refractivity contribution < 1.29 is 29.0 Å². The number of carbonyl (C=O) groups excluding carboxylic acids is 2. The third kappa shape index (κ3) is 11.2. The SMILES string of the molecule is COc1ccc(C=CCCCCOc2cccc(NC(=O)CCCC(=O)N(C)C)c2CCC(=O)O)cc1. The van der Waals surface area contributed by atoms with Gasteiger partial charge in [-0.2, -0.15) is 0 Å². The lowest BCUT2D eigenvalue weighted by atomic mass is 10.1. The topological polar surface area (TPSA) is 105 Å². The van der Waals surface area contributed by atoms with E-state index in [1.54, 1.807) is 39.4 Å². The van der Waals surface area contributed by atoms with Gasteiger partial charge >= 0.3 is 5.97 Å². The highest BCUT2D eigenvalue weighted by Gasteiger charge is 2.14. The molecule has 0 aliphatic heterocycles. The molecule has 2 aromatic rings. The van der Waals surface area contributed by atoms with E-state index in [-0.39, 0.29) is 31.1 Å². The average molecular weight is 511 g/mol. The van der Waals surface area contributed by atoms with Crippen molar-refractivity contribution in [2.75, 3.05) is 33.1 Å². The number of carbonyl (C=O) groups is 3. The lowest BCUT2D eigenvalue weighted by molar-refractivity contribution is -0.137. The monoisotopic (exact) mass is 510 g/mol. The number of nitrogens with zero attached hydrogens (tertiary/aromatic N) is 1. The number of ether oxygens (including phenoxy) is 2. The quantitative estimate of drug-likeness (QED) is 0.302. The molecule has 0 unspecified atom stereocenters. The molecule has 2 amide bonds. The molecule has 2 N–H and O–H groups in total. The summed E-state index contributed by atoms with van der Waals surface area (Å²) >= 11 is 0. The molecule has 0 radical (unpaired) electrons. The molecule has 0 fully saturated rings. The van der Waals surface area contributed by atoms with E-state index in [4.69, 9.17) is 9.47 Å². The third-order valence-corrected chi connectivity index (χ3v) is 5.74. The van der Waals surface area contributed by atoms with Crippen LogP contribution < -0.4 is 14.8 Å². The Hall–Kier alpha value is -3.81. The van der Waals surface area contributed by atoms with Crippen LogP contribution in [0.4, 0.5) is 5.69 Å². The minimum absolute atomic E-state index is 0.0263. The van der Waals surface area contributed by atoms with Gasteiger partial charge in [0.1, 0.15) is 11.5 Å². The van der Waals surface area contributed by atoms with Crippen LogP contribution in [-0.4, -0.2) is 55.6 Å². The van der Waals surface area contributed by atoms with Crippen LogP contribution in [0.3, 0.4) is 0 Å². The molecule has 0 aliphatic carbocycles. The fourth-order valence-electron chi connectivity index (χ4n) is 3.63. The summed E-state index contributed by atoms with van der Waals surface area (Å²) < 4.78 is 11.2. The van der Waals surface area contributed by atoms with E-state index >= 15 is 0 Å². The lowest BCUT2D eigenvalue weighted by Crippen LogP contribution is -2.22. The number of unbranched alkanes of at least 4 members (excludes halogenated alkanes) is 2. The molecular formula is C29H38N2O6. The van der Waals surface area contributed by atoms with Crippen molar-refractivity contribution in [2.24, 2.45) is 0 Å². The normalized spacial score (nSPS) is 10.8. The van der Waals surface area contributed by atoms with Crippen molar-refractivity contribution in [2.45, 2.75) is 51.4 Å². The molecular weight excluding hydrogens is 472 g/mol. The zero-order chi connectivity index (χ0) is 27.0. The van der Waals surface area contributed by atoms with E-state index in [2.05, 4.69) is 17.5 Å². The summed E-state index contributed by atoms with van der Waals surface area (Å²) in [5, 5.41) is 12.0. The molecule has 0 aromatic heterocycles. The first kappa shape index (κ1) is 29.4. The van der Waals surface area contributed by atoms with Crippen molar-refractivity contribution in [3.63, 3.8) is 0 Å². The maximum atomic E-state index is 12.5. The molecule has 0 aliphatic rings. The van der Waals surface area contributed by atoms with Crippen molar-refractivity contribution in [1.82, 2.24) is 4.90 Å². The highest BCUT2D eigenvalue weighted by molar-refractivity contribution is 5.92. The number of rotatable bonds is 16. The van der Waals surface area contributed by atoms with Crippen molar-refractivity contribution in [3.8, 4) is 11.5 Å². The zero-order valence-corrected chi connectivity index (χ0v) is 22.0. The number of nitrogens with one attached hydrogen (secondary N) is 1. The number of carboxylic acids is 1. The lowest BCUT2D eigenvalue weighted by Gasteiger charge is -2.16. The molecule has 2 rings (SSSR count). The predicted molar refractivity (Wildman–Crippen MR) is 145 cm³/mol. The molecule has 0 spiro atoms. The Morgan fingerprint density at radius 2 is 1.73 bits per heavy atom. The van der Waals surface area contributed by atoms with Gasteiger partial charge in [0, 0.05) is 44.6 Å². The van der Waals surface area contributed by atoms with E-state index in [1.165, 1.54) is 4.90 Å². The zero-order valence-electron chi connectivity index (χ0n) is 22.0. The van der Waals surface area contributed by atoms with Gasteiger partial charge in [0.2, 0.25) is 11.8 Å². The summed E-state index contributed by atoms with van der Waals surface area (Å²) in [5.41, 5.74) is 2.33. The standard InChI is InChI=1S/C29H38N2O6/c1-31(2)28(33)14-9-13-27(32)30-25-11-8-12-26(24(25)19-20-29(34)35)37-21-7-5-4-6-10-22-15-17-23(36-3)18-16-22/h6,8,10-12,15-18H,4-5,7,9,13-14,19-21H2,1-3H3,(H,30,32)(H,34,35). The molecule has 8 heteroatoms. The number of aliphatic carboxylic acids is 1. The van der Waals surface area contributed by atoms with Crippen LogP contribution in [0, 0.1) is 0 Å². The summed E-state index contributed by atoms with van der Waals surface area (Å²) in [6, 6.07) is 13.2. The summed E-state index contributed by atoms with van der Waals surface area (Å²) in [6.45, 7) is 0.487. The molecule has 0 saturated heterocycles. The number of amides is 2. The molecule has 200 valence electrons. The van der Waals surface area contributed by atoms with E-state index < -0.39 is 5.97 Å². The van der Waals surface area contributed by atoms with Gasteiger partial charge in [-0.3, -0.25) is 14.4 Å². The number of allylic oxidation sites excluding steroid dienone is 1. The molecule has 0 heterocycles. The van der Waals surface area contributed by atoms with E-state index in [0.717, 1.165) is 30.6 Å². The van der Waals surface area contributed by atoms with Crippen molar-refractivity contribution >= 4 is 29.5 Å². The fraction of sp³-hybridized carbons (Fsp3) is 0.414. The highest BCUT2D eigenvalue weighted by Crippen LogP contribution is 2.29. The Balaban J connectivity index is 1.87. The van der Waals surface area contributed by atoms with Crippen LogP contribution in [0.1, 0.15) is 56.1 Å².